The van der Waals surface area contributed by atoms with Crippen molar-refractivity contribution in [3.63, 3.8) is 0 Å². The number of anilines is 1. The number of nitriles is 1. The molecule has 0 N–H and O–H groups in total. The second-order valence-electron chi connectivity index (χ2n) is 6.29. The number of rotatable bonds is 3. The first-order valence-corrected chi connectivity index (χ1v) is 7.64. The molecular weight excluding hydrogens is 274 g/mol. The molecule has 2 rings (SSSR count). The molecule has 4 nitrogen and oxygen atoms in total. The molecule has 0 aromatic heterocycles. The molecule has 0 saturated carbocycles. The van der Waals surface area contributed by atoms with Crippen molar-refractivity contribution in [3.05, 3.63) is 28.8 Å². The van der Waals surface area contributed by atoms with Crippen LogP contribution < -0.4 is 4.90 Å². The van der Waals surface area contributed by atoms with E-state index in [1.165, 1.54) is 5.56 Å². The second-order valence-corrected chi connectivity index (χ2v) is 6.29. The smallest absolute Gasteiger partial charge is 0.223 e. The maximum Gasteiger partial charge on any atom is 0.223 e. The number of aliphatic imine (C=N–C) groups is 1. The van der Waals surface area contributed by atoms with Gasteiger partial charge in [-0.05, 0) is 38.3 Å². The number of carbonyl (C=O) groups is 1. The Balaban J connectivity index is 2.42. The summed E-state index contributed by atoms with van der Waals surface area (Å²) in [4.78, 5) is 18.2. The third-order valence-electron chi connectivity index (χ3n) is 4.31. The zero-order valence-corrected chi connectivity index (χ0v) is 13.8. The SMILES string of the molecule is CC(=O)N(CC1(C#N)CC=NCC1)c1c(C)cc(C)cc1C. The Morgan fingerprint density at radius 1 is 1.36 bits per heavy atom. The summed E-state index contributed by atoms with van der Waals surface area (Å²) in [7, 11) is 0. The summed E-state index contributed by atoms with van der Waals surface area (Å²) in [5.41, 5.74) is 3.74. The third-order valence-corrected chi connectivity index (χ3v) is 4.31. The van der Waals surface area contributed by atoms with Gasteiger partial charge in [0.05, 0.1) is 11.5 Å². The number of carbonyl (C=O) groups excluding carboxylic acids is 1. The summed E-state index contributed by atoms with van der Waals surface area (Å²) in [6.07, 6.45) is 3.13. The number of hydrogen-bond donors (Lipinski definition) is 0. The van der Waals surface area contributed by atoms with Crippen LogP contribution in [0.25, 0.3) is 0 Å². The molecule has 116 valence electrons. The average Bonchev–Trinajstić information content (AvgIpc) is 2.46. The zero-order valence-electron chi connectivity index (χ0n) is 13.8. The van der Waals surface area contributed by atoms with Gasteiger partial charge in [-0.25, -0.2) is 0 Å². The van der Waals surface area contributed by atoms with Gasteiger partial charge in [-0.2, -0.15) is 5.26 Å². The molecule has 0 bridgehead atoms. The van der Waals surface area contributed by atoms with Gasteiger partial charge < -0.3 is 4.90 Å². The van der Waals surface area contributed by atoms with Crippen molar-refractivity contribution < 1.29 is 4.79 Å². The summed E-state index contributed by atoms with van der Waals surface area (Å²) in [5, 5.41) is 9.65. The van der Waals surface area contributed by atoms with Crippen LogP contribution in [0, 0.1) is 37.5 Å². The fourth-order valence-electron chi connectivity index (χ4n) is 3.24. The summed E-state index contributed by atoms with van der Waals surface area (Å²) in [6, 6.07) is 6.60. The van der Waals surface area contributed by atoms with Crippen molar-refractivity contribution in [2.75, 3.05) is 18.0 Å². The molecule has 4 heteroatoms. The van der Waals surface area contributed by atoms with Crippen LogP contribution in [-0.4, -0.2) is 25.2 Å². The van der Waals surface area contributed by atoms with Gasteiger partial charge in [0.25, 0.3) is 0 Å². The van der Waals surface area contributed by atoms with E-state index in [0.717, 1.165) is 16.8 Å². The lowest BCUT2D eigenvalue weighted by Gasteiger charge is -2.35. The molecule has 0 spiro atoms. The molecule has 1 unspecified atom stereocenters. The Labute approximate surface area is 132 Å². The molecule has 1 atom stereocenters. The van der Waals surface area contributed by atoms with Crippen molar-refractivity contribution in [2.24, 2.45) is 10.4 Å². The van der Waals surface area contributed by atoms with Gasteiger partial charge >= 0.3 is 0 Å². The van der Waals surface area contributed by atoms with Gasteiger partial charge in [-0.1, -0.05) is 17.7 Å². The van der Waals surface area contributed by atoms with Crippen molar-refractivity contribution in [2.45, 2.75) is 40.5 Å². The van der Waals surface area contributed by atoms with Gasteiger partial charge in [0.2, 0.25) is 5.91 Å². The van der Waals surface area contributed by atoms with Crippen LogP contribution in [0.4, 0.5) is 5.69 Å². The molecule has 1 aliphatic heterocycles. The van der Waals surface area contributed by atoms with E-state index >= 15 is 0 Å². The molecule has 1 heterocycles. The molecule has 0 radical (unpaired) electrons. The number of amides is 1. The van der Waals surface area contributed by atoms with Gasteiger partial charge in [0.15, 0.2) is 0 Å². The molecular formula is C18H23N3O. The lowest BCUT2D eigenvalue weighted by Crippen LogP contribution is -2.42. The molecule has 1 aromatic carbocycles. The minimum absolute atomic E-state index is 0.0211. The summed E-state index contributed by atoms with van der Waals surface area (Å²) in [5.74, 6) is -0.0211. The van der Waals surface area contributed by atoms with Crippen molar-refractivity contribution >= 4 is 17.8 Å². The molecule has 1 aromatic rings. The van der Waals surface area contributed by atoms with Crippen LogP contribution in [0.5, 0.6) is 0 Å². The Kier molecular flexibility index (Phi) is 4.65. The Bertz CT molecular complexity index is 634. The van der Waals surface area contributed by atoms with Crippen LogP contribution >= 0.6 is 0 Å². The van der Waals surface area contributed by atoms with Crippen LogP contribution in [0.3, 0.4) is 0 Å². The Morgan fingerprint density at radius 3 is 2.45 bits per heavy atom. The Hall–Kier alpha value is -2.15. The van der Waals surface area contributed by atoms with Crippen LogP contribution in [-0.2, 0) is 4.79 Å². The summed E-state index contributed by atoms with van der Waals surface area (Å²) >= 11 is 0. The quantitative estimate of drug-likeness (QED) is 0.859. The monoisotopic (exact) mass is 297 g/mol. The van der Waals surface area contributed by atoms with Crippen molar-refractivity contribution in [1.29, 1.82) is 5.26 Å². The largest absolute Gasteiger partial charge is 0.311 e. The number of benzene rings is 1. The van der Waals surface area contributed by atoms with E-state index in [9.17, 15) is 10.1 Å². The molecule has 0 aliphatic carbocycles. The second kappa shape index (κ2) is 6.31. The van der Waals surface area contributed by atoms with Gasteiger partial charge in [0, 0.05) is 38.3 Å². The molecule has 1 aliphatic rings. The van der Waals surface area contributed by atoms with Gasteiger partial charge in [-0.3, -0.25) is 9.79 Å². The first-order valence-electron chi connectivity index (χ1n) is 7.64. The van der Waals surface area contributed by atoms with Crippen LogP contribution in [0.15, 0.2) is 17.1 Å². The number of nitrogens with zero attached hydrogens (tertiary/aromatic N) is 3. The minimum Gasteiger partial charge on any atom is -0.311 e. The van der Waals surface area contributed by atoms with E-state index < -0.39 is 5.41 Å². The Morgan fingerprint density at radius 2 is 2.00 bits per heavy atom. The fraction of sp³-hybridized carbons (Fsp3) is 0.500. The van der Waals surface area contributed by atoms with E-state index in [1.807, 2.05) is 20.1 Å². The highest BCUT2D eigenvalue weighted by Crippen LogP contribution is 2.34. The zero-order chi connectivity index (χ0) is 16.3. The van der Waals surface area contributed by atoms with Crippen LogP contribution in [0.2, 0.25) is 0 Å². The highest BCUT2D eigenvalue weighted by Gasteiger charge is 2.35. The highest BCUT2D eigenvalue weighted by atomic mass is 16.2. The van der Waals surface area contributed by atoms with E-state index in [1.54, 1.807) is 11.8 Å². The van der Waals surface area contributed by atoms with E-state index in [4.69, 9.17) is 0 Å². The van der Waals surface area contributed by atoms with Crippen LogP contribution in [0.1, 0.15) is 36.5 Å². The van der Waals surface area contributed by atoms with Gasteiger partial charge in [-0.15, -0.1) is 0 Å². The molecule has 22 heavy (non-hydrogen) atoms. The molecule has 1 amide bonds. The minimum atomic E-state index is -0.531. The standard InChI is InChI=1S/C18H23N3O/c1-13-9-14(2)17(15(3)10-13)21(16(4)22)12-18(11-19)5-7-20-8-6-18/h7,9-10H,5-6,8,12H2,1-4H3. The summed E-state index contributed by atoms with van der Waals surface area (Å²) < 4.78 is 0. The lowest BCUT2D eigenvalue weighted by molar-refractivity contribution is -0.116. The van der Waals surface area contributed by atoms with Crippen molar-refractivity contribution in [3.8, 4) is 6.07 Å². The first-order chi connectivity index (χ1) is 10.4. The lowest BCUT2D eigenvalue weighted by atomic mass is 9.80. The normalized spacial score (nSPS) is 20.5. The number of hydrogen-bond acceptors (Lipinski definition) is 3. The average molecular weight is 297 g/mol. The van der Waals surface area contributed by atoms with Gasteiger partial charge in [0.1, 0.15) is 0 Å². The van der Waals surface area contributed by atoms with E-state index in [2.05, 4.69) is 30.1 Å². The topological polar surface area (TPSA) is 56.5 Å². The molecule has 0 saturated heterocycles. The predicted molar refractivity (Wildman–Crippen MR) is 89.3 cm³/mol. The predicted octanol–water partition coefficient (Wildman–Crippen LogP) is 3.34. The maximum absolute atomic E-state index is 12.2. The molecule has 0 fully saturated rings. The summed E-state index contributed by atoms with van der Waals surface area (Å²) in [6.45, 7) is 8.75. The third kappa shape index (κ3) is 3.19. The van der Waals surface area contributed by atoms with E-state index in [-0.39, 0.29) is 5.91 Å². The van der Waals surface area contributed by atoms with E-state index in [0.29, 0.717) is 25.9 Å². The highest BCUT2D eigenvalue weighted by molar-refractivity contribution is 5.93. The first kappa shape index (κ1) is 16.2. The van der Waals surface area contributed by atoms with Crippen molar-refractivity contribution in [1.82, 2.24) is 0 Å². The maximum atomic E-state index is 12.2. The number of aryl methyl sites for hydroxylation is 3. The fourth-order valence-corrected chi connectivity index (χ4v) is 3.24.